The molecule has 0 atom stereocenters. The number of aryl methyl sites for hydroxylation is 2. The summed E-state index contributed by atoms with van der Waals surface area (Å²) in [4.78, 5) is 29.9. The van der Waals surface area contributed by atoms with Crippen molar-refractivity contribution in [3.8, 4) is 0 Å². The maximum atomic E-state index is 12.8. The van der Waals surface area contributed by atoms with Gasteiger partial charge in [0, 0.05) is 13.6 Å². The molecule has 0 spiro atoms. The molecule has 0 saturated heterocycles. The Morgan fingerprint density at radius 2 is 1.86 bits per heavy atom. The van der Waals surface area contributed by atoms with E-state index in [1.54, 1.807) is 22.4 Å². The monoisotopic (exact) mass is 376 g/mol. The van der Waals surface area contributed by atoms with Crippen LogP contribution in [0.3, 0.4) is 0 Å². The van der Waals surface area contributed by atoms with Crippen LogP contribution in [0, 0.1) is 0 Å². The Labute approximate surface area is 157 Å². The van der Waals surface area contributed by atoms with Crippen LogP contribution in [0.15, 0.2) is 46.4 Å². The number of para-hydroxylation sites is 1. The molecular formula is C18H16N8O2. The van der Waals surface area contributed by atoms with Crippen LogP contribution >= 0.6 is 0 Å². The van der Waals surface area contributed by atoms with Gasteiger partial charge in [-0.1, -0.05) is 12.1 Å². The maximum absolute atomic E-state index is 12.8. The quantitative estimate of drug-likeness (QED) is 0.456. The van der Waals surface area contributed by atoms with E-state index in [1.807, 2.05) is 29.5 Å². The first-order chi connectivity index (χ1) is 13.6. The zero-order valence-corrected chi connectivity index (χ0v) is 15.3. The predicted molar refractivity (Wildman–Crippen MR) is 102 cm³/mol. The van der Waals surface area contributed by atoms with Gasteiger partial charge < -0.3 is 0 Å². The molecule has 1 aromatic carbocycles. The molecule has 0 radical (unpaired) electrons. The van der Waals surface area contributed by atoms with Crippen LogP contribution in [0.25, 0.3) is 27.7 Å². The highest BCUT2D eigenvalue weighted by Gasteiger charge is 2.17. The molecule has 0 saturated carbocycles. The molecule has 4 aromatic heterocycles. The topological polar surface area (TPSA) is 105 Å². The number of rotatable bonds is 3. The van der Waals surface area contributed by atoms with Crippen molar-refractivity contribution in [3.05, 3.63) is 63.3 Å². The van der Waals surface area contributed by atoms with Gasteiger partial charge in [0.25, 0.3) is 11.1 Å². The molecule has 5 aromatic rings. The molecule has 0 aliphatic heterocycles. The van der Waals surface area contributed by atoms with Crippen molar-refractivity contribution in [2.45, 2.75) is 20.0 Å². The fourth-order valence-electron chi connectivity index (χ4n) is 3.53. The molecule has 0 N–H and O–H groups in total. The Kier molecular flexibility index (Phi) is 3.41. The molecule has 0 amide bonds. The average molecular weight is 376 g/mol. The van der Waals surface area contributed by atoms with Crippen LogP contribution in [0.5, 0.6) is 0 Å². The minimum atomic E-state index is -0.206. The van der Waals surface area contributed by atoms with Crippen LogP contribution in [0.4, 0.5) is 0 Å². The molecule has 0 aliphatic rings. The van der Waals surface area contributed by atoms with Gasteiger partial charge in [-0.25, -0.2) is 4.98 Å². The summed E-state index contributed by atoms with van der Waals surface area (Å²) in [6.45, 7) is 2.52. The Balaban J connectivity index is 1.77. The lowest BCUT2D eigenvalue weighted by molar-refractivity contribution is 0.693. The van der Waals surface area contributed by atoms with Gasteiger partial charge in [0.15, 0.2) is 11.5 Å². The van der Waals surface area contributed by atoms with Gasteiger partial charge in [-0.05, 0) is 19.1 Å². The van der Waals surface area contributed by atoms with Crippen LogP contribution in [0.2, 0.25) is 0 Å². The molecule has 5 rings (SSSR count). The summed E-state index contributed by atoms with van der Waals surface area (Å²) in [7, 11) is 1.74. The number of hydrogen-bond donors (Lipinski definition) is 0. The van der Waals surface area contributed by atoms with Crippen molar-refractivity contribution < 1.29 is 0 Å². The second-order valence-corrected chi connectivity index (χ2v) is 6.50. The summed E-state index contributed by atoms with van der Waals surface area (Å²) in [6, 6.07) is 7.31. The normalized spacial score (nSPS) is 11.8. The molecule has 10 heteroatoms. The first-order valence-electron chi connectivity index (χ1n) is 8.83. The first-order valence-corrected chi connectivity index (χ1v) is 8.83. The number of fused-ring (bicyclic) bond motifs is 4. The van der Waals surface area contributed by atoms with Crippen molar-refractivity contribution in [3.63, 3.8) is 0 Å². The lowest BCUT2D eigenvalue weighted by atomic mass is 10.2. The molecule has 0 bridgehead atoms. The summed E-state index contributed by atoms with van der Waals surface area (Å²) in [5.41, 5.74) is 0.913. The largest absolute Gasteiger partial charge is 0.291 e. The van der Waals surface area contributed by atoms with Gasteiger partial charge in [-0.3, -0.25) is 27.8 Å². The summed E-state index contributed by atoms with van der Waals surface area (Å²) >= 11 is 0. The smallest absolute Gasteiger partial charge is 0.264 e. The SMILES string of the molecule is CCn1c(=O)c2ccccc2n2c(Cn3cnc4c(cnn4C)c3=O)nnc12. The fraction of sp³-hybridized carbons (Fsp3) is 0.222. The van der Waals surface area contributed by atoms with Gasteiger partial charge >= 0.3 is 0 Å². The minimum absolute atomic E-state index is 0.111. The van der Waals surface area contributed by atoms with Gasteiger partial charge in [0.05, 0.1) is 23.6 Å². The standard InChI is InChI=1S/C18H16N8O2/c1-3-25-17(28)11-6-4-5-7-13(11)26-14(21-22-18(25)26)9-24-10-19-15-12(16(24)27)8-20-23(15)2/h4-8,10H,3,9H2,1-2H3. The van der Waals surface area contributed by atoms with Crippen LogP contribution in [0.1, 0.15) is 12.7 Å². The third-order valence-electron chi connectivity index (χ3n) is 4.92. The van der Waals surface area contributed by atoms with E-state index in [0.717, 1.165) is 0 Å². The summed E-state index contributed by atoms with van der Waals surface area (Å²) < 4.78 is 6.42. The van der Waals surface area contributed by atoms with Gasteiger partial charge in [0.1, 0.15) is 11.7 Å². The average Bonchev–Trinajstić information content (AvgIpc) is 3.29. The first kappa shape index (κ1) is 16.4. The van der Waals surface area contributed by atoms with Crippen LogP contribution in [-0.4, -0.2) is 38.5 Å². The van der Waals surface area contributed by atoms with E-state index < -0.39 is 0 Å². The van der Waals surface area contributed by atoms with Crippen molar-refractivity contribution in [1.29, 1.82) is 0 Å². The van der Waals surface area contributed by atoms with Crippen molar-refractivity contribution >= 4 is 27.7 Å². The van der Waals surface area contributed by atoms with E-state index in [1.165, 1.54) is 17.1 Å². The predicted octanol–water partition coefficient (Wildman–Crippen LogP) is 0.556. The maximum Gasteiger partial charge on any atom is 0.264 e. The zero-order chi connectivity index (χ0) is 19.4. The molecular weight excluding hydrogens is 360 g/mol. The molecule has 0 unspecified atom stereocenters. The highest BCUT2D eigenvalue weighted by molar-refractivity contribution is 5.80. The van der Waals surface area contributed by atoms with E-state index in [9.17, 15) is 9.59 Å². The third-order valence-corrected chi connectivity index (χ3v) is 4.92. The van der Waals surface area contributed by atoms with E-state index in [-0.39, 0.29) is 17.7 Å². The highest BCUT2D eigenvalue weighted by atomic mass is 16.1. The second-order valence-electron chi connectivity index (χ2n) is 6.50. The number of hydrogen-bond acceptors (Lipinski definition) is 6. The summed E-state index contributed by atoms with van der Waals surface area (Å²) in [6.07, 6.45) is 2.98. The van der Waals surface area contributed by atoms with E-state index in [4.69, 9.17) is 0 Å². The highest BCUT2D eigenvalue weighted by Crippen LogP contribution is 2.15. The minimum Gasteiger partial charge on any atom is -0.291 e. The van der Waals surface area contributed by atoms with Crippen molar-refractivity contribution in [2.24, 2.45) is 7.05 Å². The fourth-order valence-corrected chi connectivity index (χ4v) is 3.53. The Morgan fingerprint density at radius 1 is 1.04 bits per heavy atom. The Morgan fingerprint density at radius 3 is 2.68 bits per heavy atom. The second kappa shape index (κ2) is 5.84. The summed E-state index contributed by atoms with van der Waals surface area (Å²) in [5, 5.41) is 13.6. The van der Waals surface area contributed by atoms with Gasteiger partial charge in [-0.15, -0.1) is 10.2 Å². The molecule has 4 heterocycles. The van der Waals surface area contributed by atoms with E-state index >= 15 is 0 Å². The third kappa shape index (κ3) is 2.14. The molecule has 140 valence electrons. The van der Waals surface area contributed by atoms with E-state index in [2.05, 4.69) is 20.3 Å². The van der Waals surface area contributed by atoms with Crippen LogP contribution < -0.4 is 11.1 Å². The zero-order valence-electron chi connectivity index (χ0n) is 15.3. The Bertz CT molecular complexity index is 1490. The number of nitrogens with zero attached hydrogens (tertiary/aromatic N) is 8. The van der Waals surface area contributed by atoms with Crippen molar-refractivity contribution in [2.75, 3.05) is 0 Å². The van der Waals surface area contributed by atoms with E-state index in [0.29, 0.717) is 40.1 Å². The lowest BCUT2D eigenvalue weighted by Gasteiger charge is -2.10. The number of benzene rings is 1. The Hall–Kier alpha value is -3.82. The van der Waals surface area contributed by atoms with Gasteiger partial charge in [0.2, 0.25) is 5.78 Å². The van der Waals surface area contributed by atoms with Gasteiger partial charge in [-0.2, -0.15) is 5.10 Å². The summed E-state index contributed by atoms with van der Waals surface area (Å²) in [5.74, 6) is 0.991. The molecule has 0 aliphatic carbocycles. The number of aromatic nitrogens is 8. The lowest BCUT2D eigenvalue weighted by Crippen LogP contribution is -2.24. The molecule has 0 fully saturated rings. The van der Waals surface area contributed by atoms with Crippen LogP contribution in [-0.2, 0) is 20.1 Å². The molecule has 10 nitrogen and oxygen atoms in total. The molecule has 28 heavy (non-hydrogen) atoms. The van der Waals surface area contributed by atoms with Crippen molar-refractivity contribution in [1.82, 2.24) is 38.5 Å².